The number of hydrogen-bond donors (Lipinski definition) is 3. The summed E-state index contributed by atoms with van der Waals surface area (Å²) in [7, 11) is 3.43. The standard InChI is InChI=1S/C14H17IN4.C13H12ClIN2.CH6N2/c1-8-5-9(2)12(10(3)6-8)13-17-7-11(15)14(18-13)19(4)16;1-7-4-8(2)11(9(3)5-7)13-16-6-10(15)12(14)17-13;1-3-2/h5-7H,16H2,1-4H3;4-6H,1-3H3;3H,2H2,1H3. The Kier molecular flexibility index (Phi) is 12.9. The molecule has 0 aliphatic carbocycles. The summed E-state index contributed by atoms with van der Waals surface area (Å²) in [5.41, 5.74) is 11.6. The minimum absolute atomic E-state index is 0.509. The van der Waals surface area contributed by atoms with Crippen molar-refractivity contribution >= 4 is 62.6 Å². The number of nitrogens with zero attached hydrogens (tertiary/aromatic N) is 5. The number of halogens is 3. The van der Waals surface area contributed by atoms with Crippen LogP contribution in [0.1, 0.15) is 33.4 Å². The number of nitrogens with two attached hydrogens (primary N) is 2. The van der Waals surface area contributed by atoms with Crippen molar-refractivity contribution in [2.45, 2.75) is 41.5 Å². The molecular formula is C28H35ClI2N8. The van der Waals surface area contributed by atoms with Gasteiger partial charge in [-0.2, -0.15) is 0 Å². The molecule has 0 unspecified atom stereocenters. The van der Waals surface area contributed by atoms with Crippen molar-refractivity contribution in [3.05, 3.63) is 82.3 Å². The molecule has 0 radical (unpaired) electrons. The van der Waals surface area contributed by atoms with Gasteiger partial charge in [-0.05, 0) is 116 Å². The number of nitrogens with one attached hydrogen (secondary N) is 1. The van der Waals surface area contributed by atoms with Crippen LogP contribution in [0.5, 0.6) is 0 Å². The average molecular weight is 773 g/mol. The van der Waals surface area contributed by atoms with Gasteiger partial charge in [-0.3, -0.25) is 16.3 Å². The summed E-state index contributed by atoms with van der Waals surface area (Å²) in [6.07, 6.45) is 3.56. The summed E-state index contributed by atoms with van der Waals surface area (Å²) in [5.74, 6) is 12.6. The molecule has 0 spiro atoms. The van der Waals surface area contributed by atoms with Gasteiger partial charge in [0.1, 0.15) is 5.15 Å². The van der Waals surface area contributed by atoms with Crippen molar-refractivity contribution in [1.82, 2.24) is 25.4 Å². The van der Waals surface area contributed by atoms with E-state index in [1.165, 1.54) is 38.4 Å². The van der Waals surface area contributed by atoms with Crippen LogP contribution in [0.3, 0.4) is 0 Å². The largest absolute Gasteiger partial charge is 0.297 e. The van der Waals surface area contributed by atoms with Crippen LogP contribution in [0.2, 0.25) is 5.15 Å². The molecule has 208 valence electrons. The first-order chi connectivity index (χ1) is 18.3. The van der Waals surface area contributed by atoms with Crippen LogP contribution in [0.4, 0.5) is 5.82 Å². The summed E-state index contributed by atoms with van der Waals surface area (Å²) in [6.45, 7) is 12.5. The molecule has 0 aliphatic rings. The van der Waals surface area contributed by atoms with Crippen molar-refractivity contribution in [3.63, 3.8) is 0 Å². The minimum atomic E-state index is 0.509. The van der Waals surface area contributed by atoms with Crippen LogP contribution in [0, 0.1) is 48.7 Å². The number of hydrazine groups is 2. The lowest BCUT2D eigenvalue weighted by Crippen LogP contribution is -2.27. The fourth-order valence-electron chi connectivity index (χ4n) is 4.26. The van der Waals surface area contributed by atoms with Gasteiger partial charge in [0, 0.05) is 30.6 Å². The quantitative estimate of drug-likeness (QED) is 0.0950. The van der Waals surface area contributed by atoms with Crippen LogP contribution < -0.4 is 22.1 Å². The molecule has 0 saturated carbocycles. The monoisotopic (exact) mass is 772 g/mol. The lowest BCUT2D eigenvalue weighted by molar-refractivity contribution is 0.900. The van der Waals surface area contributed by atoms with Crippen LogP contribution in [0.25, 0.3) is 22.8 Å². The van der Waals surface area contributed by atoms with Crippen molar-refractivity contribution in [1.29, 1.82) is 0 Å². The van der Waals surface area contributed by atoms with Crippen molar-refractivity contribution in [2.24, 2.45) is 11.7 Å². The molecule has 11 heteroatoms. The second-order valence-corrected chi connectivity index (χ2v) is 11.8. The number of aryl methyl sites for hydroxylation is 6. The summed E-state index contributed by atoms with van der Waals surface area (Å²) >= 11 is 10.4. The number of anilines is 1. The Hall–Kier alpha value is -1.97. The van der Waals surface area contributed by atoms with E-state index in [0.29, 0.717) is 11.0 Å². The van der Waals surface area contributed by atoms with Crippen molar-refractivity contribution < 1.29 is 0 Å². The zero-order valence-electron chi connectivity index (χ0n) is 23.5. The molecule has 8 nitrogen and oxygen atoms in total. The first-order valence-electron chi connectivity index (χ1n) is 12.0. The lowest BCUT2D eigenvalue weighted by Gasteiger charge is -2.15. The van der Waals surface area contributed by atoms with Crippen molar-refractivity contribution in [3.8, 4) is 22.8 Å². The van der Waals surface area contributed by atoms with Gasteiger partial charge >= 0.3 is 0 Å². The minimum Gasteiger partial charge on any atom is -0.297 e. The molecule has 4 rings (SSSR count). The van der Waals surface area contributed by atoms with E-state index in [1.807, 2.05) is 0 Å². The highest BCUT2D eigenvalue weighted by atomic mass is 127. The number of benzene rings is 2. The van der Waals surface area contributed by atoms with Gasteiger partial charge in [0.2, 0.25) is 0 Å². The molecule has 0 bridgehead atoms. The molecule has 2 aromatic carbocycles. The molecule has 39 heavy (non-hydrogen) atoms. The van der Waals surface area contributed by atoms with E-state index in [4.69, 9.17) is 17.4 Å². The van der Waals surface area contributed by atoms with Crippen LogP contribution >= 0.6 is 56.8 Å². The summed E-state index contributed by atoms with van der Waals surface area (Å²) in [4.78, 5) is 17.7. The van der Waals surface area contributed by atoms with Crippen LogP contribution in [-0.4, -0.2) is 34.0 Å². The summed E-state index contributed by atoms with van der Waals surface area (Å²) < 4.78 is 1.81. The molecule has 0 saturated heterocycles. The second-order valence-electron chi connectivity index (χ2n) is 9.14. The van der Waals surface area contributed by atoms with Gasteiger partial charge in [-0.15, -0.1) is 0 Å². The van der Waals surface area contributed by atoms with E-state index < -0.39 is 0 Å². The maximum Gasteiger partial charge on any atom is 0.162 e. The van der Waals surface area contributed by atoms with Gasteiger partial charge < -0.3 is 0 Å². The van der Waals surface area contributed by atoms with E-state index >= 15 is 0 Å². The Labute approximate surface area is 263 Å². The lowest BCUT2D eigenvalue weighted by atomic mass is 9.99. The van der Waals surface area contributed by atoms with E-state index in [-0.39, 0.29) is 0 Å². The molecular weight excluding hydrogens is 738 g/mol. The van der Waals surface area contributed by atoms with E-state index in [0.717, 1.165) is 29.9 Å². The smallest absolute Gasteiger partial charge is 0.162 e. The molecule has 0 amide bonds. The first kappa shape index (κ1) is 33.2. The topological polar surface area (TPSA) is 119 Å². The molecule has 2 aromatic heterocycles. The molecule has 4 aromatic rings. The Bertz CT molecular complexity index is 1400. The zero-order chi connectivity index (χ0) is 29.4. The van der Waals surface area contributed by atoms with Crippen LogP contribution in [-0.2, 0) is 0 Å². The highest BCUT2D eigenvalue weighted by molar-refractivity contribution is 14.1. The third-order valence-electron chi connectivity index (χ3n) is 5.56. The molecule has 0 atom stereocenters. The van der Waals surface area contributed by atoms with Gasteiger partial charge in [-0.25, -0.2) is 25.8 Å². The van der Waals surface area contributed by atoms with Gasteiger partial charge in [0.15, 0.2) is 17.5 Å². The van der Waals surface area contributed by atoms with Gasteiger partial charge in [0.25, 0.3) is 0 Å². The van der Waals surface area contributed by atoms with Gasteiger partial charge in [0.05, 0.1) is 7.14 Å². The number of rotatable bonds is 3. The fourth-order valence-corrected chi connectivity index (χ4v) is 5.29. The molecule has 5 N–H and O–H groups in total. The normalized spacial score (nSPS) is 10.3. The predicted molar refractivity (Wildman–Crippen MR) is 180 cm³/mol. The van der Waals surface area contributed by atoms with Gasteiger partial charge in [-0.1, -0.05) is 47.0 Å². The van der Waals surface area contributed by atoms with E-state index in [2.05, 4.69) is 142 Å². The highest BCUT2D eigenvalue weighted by Crippen LogP contribution is 2.29. The third-order valence-corrected chi connectivity index (χ3v) is 7.72. The van der Waals surface area contributed by atoms with E-state index in [1.54, 1.807) is 26.5 Å². The summed E-state index contributed by atoms with van der Waals surface area (Å²) in [5, 5.41) is 2.03. The Morgan fingerprint density at radius 2 is 1.10 bits per heavy atom. The maximum absolute atomic E-state index is 6.04. The second kappa shape index (κ2) is 15.1. The third kappa shape index (κ3) is 9.02. The van der Waals surface area contributed by atoms with Crippen molar-refractivity contribution in [2.75, 3.05) is 19.1 Å². The number of hydrogen-bond acceptors (Lipinski definition) is 8. The first-order valence-corrected chi connectivity index (χ1v) is 14.6. The maximum atomic E-state index is 6.04. The highest BCUT2D eigenvalue weighted by Gasteiger charge is 2.14. The van der Waals surface area contributed by atoms with Crippen LogP contribution in [0.15, 0.2) is 36.7 Å². The fraction of sp³-hybridized carbons (Fsp3) is 0.286. The molecule has 0 fully saturated rings. The molecule has 0 aliphatic heterocycles. The average Bonchev–Trinajstić information content (AvgIpc) is 2.82. The zero-order valence-corrected chi connectivity index (χ0v) is 28.6. The summed E-state index contributed by atoms with van der Waals surface area (Å²) in [6, 6.07) is 8.57. The SMILES string of the molecule is CNN.Cc1cc(C)c(-c2ncc(I)c(Cl)n2)c(C)c1.Cc1cc(C)c(-c2ncc(I)c(N(C)N)n2)c(C)c1. The van der Waals surface area contributed by atoms with E-state index in [9.17, 15) is 0 Å². The Morgan fingerprint density at radius 1 is 0.744 bits per heavy atom. The molecule has 2 heterocycles. The Morgan fingerprint density at radius 3 is 1.46 bits per heavy atom. The Balaban J connectivity index is 0.000000250. The predicted octanol–water partition coefficient (Wildman–Crippen LogP) is 6.39. The number of aromatic nitrogens is 4.